The van der Waals surface area contributed by atoms with Gasteiger partial charge in [-0.25, -0.2) is 9.59 Å². The fourth-order valence-electron chi connectivity index (χ4n) is 2.39. The third-order valence-corrected chi connectivity index (χ3v) is 3.31. The molecule has 2 aromatic rings. The molecule has 116 valence electrons. The van der Waals surface area contributed by atoms with E-state index in [2.05, 4.69) is 0 Å². The third kappa shape index (κ3) is 3.00. The second kappa shape index (κ2) is 5.52. The van der Waals surface area contributed by atoms with Crippen molar-refractivity contribution in [3.05, 3.63) is 29.3 Å². The summed E-state index contributed by atoms with van der Waals surface area (Å²) in [6, 6.07) is 5.44. The number of benzene rings is 1. The molecule has 6 heteroatoms. The van der Waals surface area contributed by atoms with Crippen molar-refractivity contribution in [2.45, 2.75) is 33.3 Å². The van der Waals surface area contributed by atoms with Crippen LogP contribution < -0.4 is 5.59 Å². The highest BCUT2D eigenvalue weighted by molar-refractivity contribution is 6.34. The topological polar surface area (TPSA) is 57.5 Å². The first-order chi connectivity index (χ1) is 10.1. The van der Waals surface area contributed by atoms with Gasteiger partial charge in [-0.3, -0.25) is 4.57 Å². The highest BCUT2D eigenvalue weighted by atomic mass is 16.6. The Morgan fingerprint density at radius 1 is 1.18 bits per heavy atom. The van der Waals surface area contributed by atoms with Gasteiger partial charge in [0.15, 0.2) is 7.85 Å². The van der Waals surface area contributed by atoms with Crippen LogP contribution in [0.2, 0.25) is 0 Å². The maximum atomic E-state index is 12.4. The molecule has 2 rings (SSSR count). The Morgan fingerprint density at radius 3 is 2.36 bits per heavy atom. The molecule has 0 aliphatic heterocycles. The summed E-state index contributed by atoms with van der Waals surface area (Å²) in [7, 11) is 3.17. The first kappa shape index (κ1) is 16.1. The lowest BCUT2D eigenvalue weighted by Crippen LogP contribution is -2.32. The zero-order valence-corrected chi connectivity index (χ0v) is 13.8. The molecule has 0 saturated heterocycles. The minimum Gasteiger partial charge on any atom is -0.465 e. The molecule has 0 atom stereocenters. The van der Waals surface area contributed by atoms with Gasteiger partial charge in [-0.2, -0.15) is 0 Å². The van der Waals surface area contributed by atoms with Crippen molar-refractivity contribution in [1.29, 1.82) is 0 Å². The van der Waals surface area contributed by atoms with Crippen LogP contribution in [0.25, 0.3) is 10.9 Å². The predicted octanol–water partition coefficient (Wildman–Crippen LogP) is 1.78. The first-order valence-corrected chi connectivity index (χ1v) is 7.08. The van der Waals surface area contributed by atoms with Crippen LogP contribution in [-0.4, -0.2) is 37.2 Å². The highest BCUT2D eigenvalue weighted by Crippen LogP contribution is 2.22. The minimum atomic E-state index is -0.587. The Kier molecular flexibility index (Phi) is 4.05. The molecular formula is C16H20BNO4. The molecule has 1 aromatic carbocycles. The molecule has 0 fully saturated rings. The predicted molar refractivity (Wildman–Crippen MR) is 87.8 cm³/mol. The van der Waals surface area contributed by atoms with Crippen LogP contribution in [0.4, 0.5) is 4.79 Å². The van der Waals surface area contributed by atoms with Gasteiger partial charge in [0.25, 0.3) is 0 Å². The molecule has 0 bridgehead atoms. The van der Waals surface area contributed by atoms with E-state index in [-0.39, 0.29) is 0 Å². The average molecular weight is 301 g/mol. The lowest BCUT2D eigenvalue weighted by molar-refractivity contribution is 0.0546. The summed E-state index contributed by atoms with van der Waals surface area (Å²) in [5, 5.41) is 0.883. The van der Waals surface area contributed by atoms with Crippen LogP contribution >= 0.6 is 0 Å². The highest BCUT2D eigenvalue weighted by Gasteiger charge is 2.22. The molecule has 0 aliphatic rings. The summed E-state index contributed by atoms with van der Waals surface area (Å²) < 4.78 is 11.7. The standard InChI is InChI=1S/C16H20BNO4/c1-9-6-10-7-13(17)18(15(20)22-16(2,3)4)12(10)8-11(9)14(19)21-5/h6-8H,17H2,1-5H3. The molecule has 0 saturated carbocycles. The minimum absolute atomic E-state index is 0.422. The molecule has 0 amide bonds. The first-order valence-electron chi connectivity index (χ1n) is 7.08. The van der Waals surface area contributed by atoms with Gasteiger partial charge in [0, 0.05) is 0 Å². The zero-order valence-electron chi connectivity index (χ0n) is 13.8. The summed E-state index contributed by atoms with van der Waals surface area (Å²) in [5.74, 6) is -0.422. The molecule has 1 aromatic heterocycles. The summed E-state index contributed by atoms with van der Waals surface area (Å²) in [4.78, 5) is 24.3. The lowest BCUT2D eigenvalue weighted by Gasteiger charge is -2.20. The van der Waals surface area contributed by atoms with E-state index in [0.29, 0.717) is 11.1 Å². The van der Waals surface area contributed by atoms with Crippen molar-refractivity contribution in [2.75, 3.05) is 7.11 Å². The Bertz CT molecular complexity index is 756. The zero-order chi connectivity index (χ0) is 16.7. The van der Waals surface area contributed by atoms with E-state index in [1.54, 1.807) is 6.07 Å². The Hall–Kier alpha value is -2.24. The number of fused-ring (bicyclic) bond motifs is 1. The fraction of sp³-hybridized carbons (Fsp3) is 0.375. The third-order valence-electron chi connectivity index (χ3n) is 3.31. The fourth-order valence-corrected chi connectivity index (χ4v) is 2.39. The van der Waals surface area contributed by atoms with E-state index >= 15 is 0 Å². The maximum absolute atomic E-state index is 12.4. The molecule has 0 radical (unpaired) electrons. The summed E-state index contributed by atoms with van der Waals surface area (Å²) in [5.41, 5.74) is 2.05. The molecule has 0 aliphatic carbocycles. The van der Waals surface area contributed by atoms with Gasteiger partial charge in [-0.15, -0.1) is 0 Å². The van der Waals surface area contributed by atoms with Gasteiger partial charge >= 0.3 is 12.1 Å². The van der Waals surface area contributed by atoms with Crippen LogP contribution in [0, 0.1) is 6.92 Å². The number of esters is 1. The number of ether oxygens (including phenoxy) is 2. The Morgan fingerprint density at radius 2 is 1.82 bits per heavy atom. The van der Waals surface area contributed by atoms with Crippen molar-refractivity contribution in [3.63, 3.8) is 0 Å². The van der Waals surface area contributed by atoms with Gasteiger partial charge in [-0.05, 0) is 62.4 Å². The molecule has 22 heavy (non-hydrogen) atoms. The van der Waals surface area contributed by atoms with Crippen molar-refractivity contribution < 1.29 is 19.1 Å². The number of rotatable bonds is 1. The van der Waals surface area contributed by atoms with E-state index in [1.807, 2.05) is 47.7 Å². The Balaban J connectivity index is 2.62. The van der Waals surface area contributed by atoms with Gasteiger partial charge in [-0.1, -0.05) is 0 Å². The summed E-state index contributed by atoms with van der Waals surface area (Å²) in [6.45, 7) is 7.29. The van der Waals surface area contributed by atoms with E-state index in [9.17, 15) is 9.59 Å². The average Bonchev–Trinajstić information content (AvgIpc) is 2.69. The number of methoxy groups -OCH3 is 1. The van der Waals surface area contributed by atoms with Crippen LogP contribution in [-0.2, 0) is 9.47 Å². The molecule has 0 N–H and O–H groups in total. The second-order valence-electron chi connectivity index (χ2n) is 6.32. The smallest absolute Gasteiger partial charge is 0.418 e. The van der Waals surface area contributed by atoms with Crippen LogP contribution in [0.5, 0.6) is 0 Å². The van der Waals surface area contributed by atoms with Crippen molar-refractivity contribution in [1.82, 2.24) is 4.57 Å². The molecule has 1 heterocycles. The van der Waals surface area contributed by atoms with E-state index in [0.717, 1.165) is 16.5 Å². The van der Waals surface area contributed by atoms with Crippen LogP contribution in [0.3, 0.4) is 0 Å². The van der Waals surface area contributed by atoms with Gasteiger partial charge < -0.3 is 9.47 Å². The van der Waals surface area contributed by atoms with E-state index in [4.69, 9.17) is 9.47 Å². The van der Waals surface area contributed by atoms with E-state index in [1.165, 1.54) is 11.7 Å². The number of carbonyl (C=O) groups is 2. The van der Waals surface area contributed by atoms with Crippen molar-refractivity contribution in [2.24, 2.45) is 0 Å². The van der Waals surface area contributed by atoms with Gasteiger partial charge in [0.2, 0.25) is 0 Å². The largest absolute Gasteiger partial charge is 0.465 e. The number of aromatic nitrogens is 1. The quantitative estimate of drug-likeness (QED) is 0.595. The monoisotopic (exact) mass is 301 g/mol. The molecular weight excluding hydrogens is 281 g/mol. The summed E-state index contributed by atoms with van der Waals surface area (Å²) in [6.07, 6.45) is -0.459. The van der Waals surface area contributed by atoms with Crippen LogP contribution in [0.15, 0.2) is 18.2 Å². The van der Waals surface area contributed by atoms with E-state index < -0.39 is 17.7 Å². The Labute approximate surface area is 130 Å². The lowest BCUT2D eigenvalue weighted by atomic mass is 10.0. The number of carbonyl (C=O) groups excluding carboxylic acids is 2. The summed E-state index contributed by atoms with van der Waals surface area (Å²) >= 11 is 0. The SMILES string of the molecule is Bc1cc2cc(C)c(C(=O)OC)cc2n1C(=O)OC(C)(C)C. The molecule has 0 unspecified atom stereocenters. The molecule has 0 spiro atoms. The number of aryl methyl sites for hydroxylation is 1. The van der Waals surface area contributed by atoms with Crippen LogP contribution in [0.1, 0.15) is 36.7 Å². The number of hydrogen-bond donors (Lipinski definition) is 0. The van der Waals surface area contributed by atoms with Crippen molar-refractivity contribution >= 4 is 36.4 Å². The number of hydrogen-bond acceptors (Lipinski definition) is 4. The van der Waals surface area contributed by atoms with Gasteiger partial charge in [0.05, 0.1) is 18.2 Å². The molecule has 5 nitrogen and oxygen atoms in total. The van der Waals surface area contributed by atoms with Crippen molar-refractivity contribution in [3.8, 4) is 0 Å². The van der Waals surface area contributed by atoms with Gasteiger partial charge in [0.1, 0.15) is 5.60 Å². The normalized spacial score (nSPS) is 11.5. The maximum Gasteiger partial charge on any atom is 0.418 e. The number of nitrogens with zero attached hydrogens (tertiary/aromatic N) is 1. The second-order valence-corrected chi connectivity index (χ2v) is 6.32.